The van der Waals surface area contributed by atoms with Crippen molar-refractivity contribution in [2.75, 3.05) is 13.2 Å². The van der Waals surface area contributed by atoms with Crippen LogP contribution in [0.25, 0.3) is 0 Å². The van der Waals surface area contributed by atoms with E-state index in [0.29, 0.717) is 13.2 Å². The molecule has 0 saturated carbocycles. The monoisotopic (exact) mass is 303 g/mol. The van der Waals surface area contributed by atoms with Gasteiger partial charge in [-0.15, -0.1) is 0 Å². The van der Waals surface area contributed by atoms with Gasteiger partial charge in [-0.3, -0.25) is 4.79 Å². The van der Waals surface area contributed by atoms with Gasteiger partial charge in [0, 0.05) is 24.5 Å². The molecule has 0 rings (SSSR count). The Morgan fingerprint density at radius 2 is 2.05 bits per heavy atom. The highest BCUT2D eigenvalue weighted by molar-refractivity contribution is 7.92. The maximum atomic E-state index is 11.6. The number of sulfonamides is 1. The smallest absolute Gasteiger partial charge is 0.234 e. The lowest BCUT2D eigenvalue weighted by Crippen LogP contribution is -2.29. The number of unbranched alkanes of at least 4 members (excludes halogenated alkanes) is 1. The zero-order valence-electron chi connectivity index (χ0n) is 12.5. The summed E-state index contributed by atoms with van der Waals surface area (Å²) < 4.78 is 31.0. The lowest BCUT2D eigenvalue weighted by Gasteiger charge is -2.07. The van der Waals surface area contributed by atoms with E-state index >= 15 is 0 Å². The summed E-state index contributed by atoms with van der Waals surface area (Å²) in [5, 5.41) is 0.904. The van der Waals surface area contributed by atoms with Crippen molar-refractivity contribution in [1.82, 2.24) is 4.72 Å². The summed E-state index contributed by atoms with van der Waals surface area (Å²) in [6.45, 7) is 6.66. The molecule has 0 radical (unpaired) electrons. The van der Waals surface area contributed by atoms with Gasteiger partial charge in [-0.05, 0) is 19.4 Å². The van der Waals surface area contributed by atoms with Crippen LogP contribution in [0.1, 0.15) is 40.0 Å². The van der Waals surface area contributed by atoms with Gasteiger partial charge < -0.3 is 4.74 Å². The first-order chi connectivity index (χ1) is 9.41. The van der Waals surface area contributed by atoms with Crippen molar-refractivity contribution in [1.29, 1.82) is 0 Å². The van der Waals surface area contributed by atoms with E-state index in [0.717, 1.165) is 24.3 Å². The summed E-state index contributed by atoms with van der Waals surface area (Å²) in [4.78, 5) is 11.0. The lowest BCUT2D eigenvalue weighted by molar-refractivity contribution is -0.114. The molecule has 0 bridgehead atoms. The Labute approximate surface area is 122 Å². The minimum absolute atomic E-state index is 0.220. The first-order valence-electron chi connectivity index (χ1n) is 6.89. The van der Waals surface area contributed by atoms with Crippen LogP contribution in [0.15, 0.2) is 23.6 Å². The summed E-state index contributed by atoms with van der Waals surface area (Å²) in [5.74, 6) is -0.220. The lowest BCUT2D eigenvalue weighted by atomic mass is 10.3. The number of rotatable bonds is 11. The zero-order valence-corrected chi connectivity index (χ0v) is 13.3. The van der Waals surface area contributed by atoms with Crippen molar-refractivity contribution < 1.29 is 17.9 Å². The molecule has 0 spiro atoms. The van der Waals surface area contributed by atoms with Crippen LogP contribution < -0.4 is 4.72 Å². The van der Waals surface area contributed by atoms with E-state index in [1.165, 1.54) is 0 Å². The Kier molecular flexibility index (Phi) is 10.2. The second kappa shape index (κ2) is 10.8. The van der Waals surface area contributed by atoms with E-state index in [2.05, 4.69) is 11.6 Å². The maximum Gasteiger partial charge on any atom is 0.234 e. The van der Waals surface area contributed by atoms with Crippen molar-refractivity contribution in [2.24, 2.45) is 0 Å². The largest absolute Gasteiger partial charge is 0.377 e. The third kappa shape index (κ3) is 10.9. The number of hydrogen-bond donors (Lipinski definition) is 1. The molecule has 6 heteroatoms. The van der Waals surface area contributed by atoms with E-state index in [4.69, 9.17) is 4.74 Å². The molecular formula is C14H25NO4S. The van der Waals surface area contributed by atoms with Crippen LogP contribution in [0.5, 0.6) is 0 Å². The molecule has 20 heavy (non-hydrogen) atoms. The van der Waals surface area contributed by atoms with Crippen LogP contribution in [-0.2, 0) is 19.6 Å². The third-order valence-corrected chi connectivity index (χ3v) is 3.61. The Balaban J connectivity index is 4.11. The number of ketones is 1. The fourth-order valence-electron chi connectivity index (χ4n) is 1.28. The van der Waals surface area contributed by atoms with Crippen LogP contribution in [0.3, 0.4) is 0 Å². The van der Waals surface area contributed by atoms with E-state index < -0.39 is 10.0 Å². The first-order valence-corrected chi connectivity index (χ1v) is 8.43. The van der Waals surface area contributed by atoms with Crippen molar-refractivity contribution in [3.05, 3.63) is 23.6 Å². The van der Waals surface area contributed by atoms with Gasteiger partial charge in [-0.25, -0.2) is 13.1 Å². The van der Waals surface area contributed by atoms with E-state index in [1.54, 1.807) is 26.0 Å². The minimum Gasteiger partial charge on any atom is -0.377 e. The molecule has 116 valence electrons. The molecule has 0 saturated heterocycles. The molecule has 0 aliphatic carbocycles. The van der Waals surface area contributed by atoms with E-state index in [-0.39, 0.29) is 18.2 Å². The Morgan fingerprint density at radius 1 is 1.35 bits per heavy atom. The molecule has 0 aromatic heterocycles. The highest BCUT2D eigenvalue weighted by atomic mass is 32.2. The molecule has 1 atom stereocenters. The second-order valence-electron chi connectivity index (χ2n) is 4.43. The van der Waals surface area contributed by atoms with Crippen molar-refractivity contribution in [3.8, 4) is 0 Å². The van der Waals surface area contributed by atoms with Crippen LogP contribution in [0.4, 0.5) is 0 Å². The van der Waals surface area contributed by atoms with Gasteiger partial charge >= 0.3 is 0 Å². The summed E-state index contributed by atoms with van der Waals surface area (Å²) in [5.41, 5.74) is 0. The maximum absolute atomic E-state index is 11.6. The number of carbonyl (C=O) groups is 1. The number of allylic oxidation sites excluding steroid dienone is 1. The van der Waals surface area contributed by atoms with Crippen LogP contribution in [0.2, 0.25) is 0 Å². The molecule has 5 nitrogen and oxygen atoms in total. The van der Waals surface area contributed by atoms with Crippen LogP contribution in [0, 0.1) is 0 Å². The summed E-state index contributed by atoms with van der Waals surface area (Å²) in [7, 11) is -3.58. The predicted octanol–water partition coefficient (Wildman–Crippen LogP) is 2.16. The van der Waals surface area contributed by atoms with Crippen molar-refractivity contribution in [3.63, 3.8) is 0 Å². The molecule has 0 amide bonds. The normalized spacial score (nSPS) is 14.2. The van der Waals surface area contributed by atoms with Gasteiger partial charge in [-0.1, -0.05) is 32.4 Å². The summed E-state index contributed by atoms with van der Waals surface area (Å²) in [6.07, 6.45) is 6.97. The molecular weight excluding hydrogens is 278 g/mol. The number of hydrogen-bond acceptors (Lipinski definition) is 4. The molecule has 0 aliphatic rings. The third-order valence-electron chi connectivity index (χ3n) is 2.41. The van der Waals surface area contributed by atoms with Crippen molar-refractivity contribution >= 4 is 15.8 Å². The second-order valence-corrected chi connectivity index (χ2v) is 6.03. The number of nitrogens with one attached hydrogen (secondary N) is 1. The van der Waals surface area contributed by atoms with Gasteiger partial charge in [0.1, 0.15) is 0 Å². The molecule has 0 aromatic rings. The number of ether oxygens (including phenoxy) is 1. The predicted molar refractivity (Wildman–Crippen MR) is 80.8 cm³/mol. The Bertz CT molecular complexity index is 426. The molecule has 0 fully saturated rings. The topological polar surface area (TPSA) is 72.5 Å². The summed E-state index contributed by atoms with van der Waals surface area (Å²) >= 11 is 0. The first kappa shape index (κ1) is 19.0. The SMILES string of the molecule is CCCCOC/C=C\[C@@H](C)NS(=O)(=O)/C=C/C(=O)CC. The standard InChI is InChI=1S/C14H25NO4S/c1-4-6-10-19-11-7-8-13(3)15-20(17,18)12-9-14(16)5-2/h7-9,12-13,15H,4-6,10-11H2,1-3H3/b8-7-,12-9+/t13-/m1/s1. The fourth-order valence-corrected chi connectivity index (χ4v) is 2.28. The highest BCUT2D eigenvalue weighted by Gasteiger charge is 2.08. The molecule has 1 N–H and O–H groups in total. The van der Waals surface area contributed by atoms with Crippen molar-refractivity contribution in [2.45, 2.75) is 46.1 Å². The highest BCUT2D eigenvalue weighted by Crippen LogP contribution is 1.95. The average Bonchev–Trinajstić information content (AvgIpc) is 2.39. The zero-order chi connectivity index (χ0) is 15.4. The Hall–Kier alpha value is -0.980. The molecule has 0 heterocycles. The quantitative estimate of drug-likeness (QED) is 0.361. The van der Waals surface area contributed by atoms with Gasteiger partial charge in [0.25, 0.3) is 0 Å². The van der Waals surface area contributed by atoms with Gasteiger partial charge in [0.05, 0.1) is 6.61 Å². The van der Waals surface area contributed by atoms with Crippen LogP contribution in [-0.4, -0.2) is 33.5 Å². The van der Waals surface area contributed by atoms with Gasteiger partial charge in [0.15, 0.2) is 5.78 Å². The van der Waals surface area contributed by atoms with Gasteiger partial charge in [-0.2, -0.15) is 0 Å². The minimum atomic E-state index is -3.58. The van der Waals surface area contributed by atoms with E-state index in [1.807, 2.05) is 0 Å². The van der Waals surface area contributed by atoms with Gasteiger partial charge in [0.2, 0.25) is 10.0 Å². The average molecular weight is 303 g/mol. The number of carbonyl (C=O) groups excluding carboxylic acids is 1. The molecule has 0 aromatic carbocycles. The Morgan fingerprint density at radius 3 is 2.65 bits per heavy atom. The molecule has 0 unspecified atom stereocenters. The van der Waals surface area contributed by atoms with Crippen LogP contribution >= 0.6 is 0 Å². The fraction of sp³-hybridized carbons (Fsp3) is 0.643. The summed E-state index contributed by atoms with van der Waals surface area (Å²) in [6, 6.07) is -0.351. The molecule has 0 aliphatic heterocycles. The van der Waals surface area contributed by atoms with E-state index in [9.17, 15) is 13.2 Å².